The molecule has 1 aliphatic heterocycles. The Hall–Kier alpha value is -1.42. The Morgan fingerprint density at radius 1 is 1.50 bits per heavy atom. The number of rotatable bonds is 0. The third kappa shape index (κ3) is 0.887. The first-order chi connectivity index (χ1) is 5.59. The van der Waals surface area contributed by atoms with E-state index in [4.69, 9.17) is 11.5 Å². The molecule has 0 saturated heterocycles. The van der Waals surface area contributed by atoms with Crippen LogP contribution in [0.5, 0.6) is 0 Å². The van der Waals surface area contributed by atoms with Crippen molar-refractivity contribution in [2.45, 2.75) is 12.5 Å². The molecule has 2 aliphatic rings. The molecule has 0 radical (unpaired) electrons. The molecular weight excluding hydrogens is 152 g/mol. The van der Waals surface area contributed by atoms with Gasteiger partial charge in [0.2, 0.25) is 0 Å². The van der Waals surface area contributed by atoms with Crippen LogP contribution in [0.15, 0.2) is 35.3 Å². The number of fused-ring (bicyclic) bond motifs is 1. The molecular formula is C8H12N4. The van der Waals surface area contributed by atoms with Gasteiger partial charge in [0.05, 0.1) is 11.2 Å². The Balaban J connectivity index is 2.45. The van der Waals surface area contributed by atoms with Gasteiger partial charge >= 0.3 is 0 Å². The molecule has 12 heavy (non-hydrogen) atoms. The number of nitrogens with two attached hydrogens (primary N) is 2. The smallest absolute Gasteiger partial charge is 0.0736 e. The van der Waals surface area contributed by atoms with E-state index in [-0.39, 0.29) is 0 Å². The molecule has 0 saturated carbocycles. The van der Waals surface area contributed by atoms with Gasteiger partial charge in [-0.15, -0.1) is 0 Å². The zero-order chi connectivity index (χ0) is 8.77. The maximum Gasteiger partial charge on any atom is 0.0736 e. The molecule has 0 aromatic carbocycles. The normalized spacial score (nSPS) is 32.3. The minimum atomic E-state index is -0.536. The van der Waals surface area contributed by atoms with Gasteiger partial charge in [0.25, 0.3) is 0 Å². The van der Waals surface area contributed by atoms with Gasteiger partial charge in [0.1, 0.15) is 0 Å². The summed E-state index contributed by atoms with van der Waals surface area (Å²) in [5.41, 5.74) is 19.7. The highest BCUT2D eigenvalue weighted by molar-refractivity contribution is 5.51. The minimum Gasteiger partial charge on any atom is -0.400 e. The molecule has 4 nitrogen and oxygen atoms in total. The van der Waals surface area contributed by atoms with Crippen molar-refractivity contribution in [2.75, 3.05) is 0 Å². The van der Waals surface area contributed by atoms with Crippen LogP contribution in [0.2, 0.25) is 0 Å². The fraction of sp³-hybridized carbons (Fsp3) is 0.250. The van der Waals surface area contributed by atoms with Gasteiger partial charge in [0.15, 0.2) is 0 Å². The van der Waals surface area contributed by atoms with Crippen molar-refractivity contribution >= 4 is 0 Å². The first kappa shape index (κ1) is 7.24. The SMILES string of the molecule is CC1(N)C=C2NNC=C2C=C1N. The Bertz CT molecular complexity index is 309. The summed E-state index contributed by atoms with van der Waals surface area (Å²) in [6.45, 7) is 1.88. The quantitative estimate of drug-likeness (QED) is 0.387. The third-order valence-electron chi connectivity index (χ3n) is 2.12. The number of hydrogen-bond donors (Lipinski definition) is 4. The van der Waals surface area contributed by atoms with Crippen molar-refractivity contribution < 1.29 is 0 Å². The third-order valence-corrected chi connectivity index (χ3v) is 2.12. The fourth-order valence-electron chi connectivity index (χ4n) is 1.29. The average Bonchev–Trinajstić information content (AvgIpc) is 2.35. The summed E-state index contributed by atoms with van der Waals surface area (Å²) in [6.07, 6.45) is 5.64. The molecule has 0 bridgehead atoms. The summed E-state index contributed by atoms with van der Waals surface area (Å²) in [5.74, 6) is 0. The highest BCUT2D eigenvalue weighted by atomic mass is 15.4. The molecule has 0 aromatic heterocycles. The molecule has 1 atom stereocenters. The Morgan fingerprint density at radius 3 is 3.00 bits per heavy atom. The zero-order valence-electron chi connectivity index (χ0n) is 6.89. The van der Waals surface area contributed by atoms with Crippen LogP contribution in [0.1, 0.15) is 6.92 Å². The van der Waals surface area contributed by atoms with Crippen LogP contribution < -0.4 is 22.3 Å². The minimum absolute atomic E-state index is 0.536. The van der Waals surface area contributed by atoms with Crippen molar-refractivity contribution in [1.82, 2.24) is 10.9 Å². The van der Waals surface area contributed by atoms with Crippen molar-refractivity contribution in [2.24, 2.45) is 11.5 Å². The average molecular weight is 164 g/mol. The maximum absolute atomic E-state index is 5.91. The molecule has 64 valence electrons. The van der Waals surface area contributed by atoms with E-state index in [0.29, 0.717) is 5.70 Å². The molecule has 2 rings (SSSR count). The van der Waals surface area contributed by atoms with E-state index in [1.165, 1.54) is 0 Å². The lowest BCUT2D eigenvalue weighted by molar-refractivity contribution is 0.651. The Labute approximate surface area is 71.0 Å². The molecule has 0 spiro atoms. The summed E-state index contributed by atoms with van der Waals surface area (Å²) >= 11 is 0. The van der Waals surface area contributed by atoms with Crippen LogP contribution in [-0.2, 0) is 0 Å². The summed E-state index contributed by atoms with van der Waals surface area (Å²) in [4.78, 5) is 0. The Kier molecular flexibility index (Phi) is 1.23. The van der Waals surface area contributed by atoms with Crippen molar-refractivity contribution in [3.8, 4) is 0 Å². The summed E-state index contributed by atoms with van der Waals surface area (Å²) < 4.78 is 0. The predicted octanol–water partition coefficient (Wildman–Crippen LogP) is -0.564. The second-order valence-electron chi connectivity index (χ2n) is 3.31. The molecule has 1 unspecified atom stereocenters. The van der Waals surface area contributed by atoms with Crippen molar-refractivity contribution in [3.05, 3.63) is 35.3 Å². The van der Waals surface area contributed by atoms with E-state index >= 15 is 0 Å². The topological polar surface area (TPSA) is 76.1 Å². The molecule has 6 N–H and O–H groups in total. The summed E-state index contributed by atoms with van der Waals surface area (Å²) in [6, 6.07) is 0. The molecule has 4 heteroatoms. The van der Waals surface area contributed by atoms with Gasteiger partial charge in [-0.2, -0.15) is 0 Å². The van der Waals surface area contributed by atoms with Gasteiger partial charge in [-0.1, -0.05) is 0 Å². The lowest BCUT2D eigenvalue weighted by Crippen LogP contribution is -2.42. The monoisotopic (exact) mass is 164 g/mol. The highest BCUT2D eigenvalue weighted by Gasteiger charge is 2.26. The van der Waals surface area contributed by atoms with Gasteiger partial charge < -0.3 is 22.3 Å². The first-order valence-corrected chi connectivity index (χ1v) is 3.81. The van der Waals surface area contributed by atoms with Crippen molar-refractivity contribution in [1.29, 1.82) is 0 Å². The van der Waals surface area contributed by atoms with Crippen LogP contribution in [0.25, 0.3) is 0 Å². The van der Waals surface area contributed by atoms with Crippen molar-refractivity contribution in [3.63, 3.8) is 0 Å². The lowest BCUT2D eigenvalue weighted by atomic mass is 9.90. The van der Waals surface area contributed by atoms with Crippen LogP contribution >= 0.6 is 0 Å². The molecule has 0 fully saturated rings. The predicted molar refractivity (Wildman–Crippen MR) is 47.3 cm³/mol. The molecule has 0 aromatic rings. The number of nitrogens with one attached hydrogen (secondary N) is 2. The van der Waals surface area contributed by atoms with Crippen LogP contribution in [0, 0.1) is 0 Å². The molecule has 1 aliphatic carbocycles. The van der Waals surface area contributed by atoms with E-state index in [1.807, 2.05) is 25.3 Å². The van der Waals surface area contributed by atoms with Gasteiger partial charge in [-0.05, 0) is 19.1 Å². The fourth-order valence-corrected chi connectivity index (χ4v) is 1.29. The summed E-state index contributed by atoms with van der Waals surface area (Å²) in [5, 5.41) is 0. The molecule has 1 heterocycles. The van der Waals surface area contributed by atoms with Gasteiger partial charge in [-0.25, -0.2) is 0 Å². The van der Waals surface area contributed by atoms with Crippen LogP contribution in [0.4, 0.5) is 0 Å². The van der Waals surface area contributed by atoms with Gasteiger partial charge in [0, 0.05) is 17.5 Å². The van der Waals surface area contributed by atoms with E-state index < -0.39 is 5.54 Å². The first-order valence-electron chi connectivity index (χ1n) is 3.81. The maximum atomic E-state index is 5.91. The molecule has 0 amide bonds. The highest BCUT2D eigenvalue weighted by Crippen LogP contribution is 2.25. The van der Waals surface area contributed by atoms with E-state index in [2.05, 4.69) is 10.9 Å². The standard InChI is InChI=1S/C8H12N4/c1-8(10)3-6-5(2-7(8)9)4-11-12-6/h2-4,11-12H,9-10H2,1H3. The van der Waals surface area contributed by atoms with E-state index in [9.17, 15) is 0 Å². The Morgan fingerprint density at radius 2 is 2.25 bits per heavy atom. The number of hydrogen-bond acceptors (Lipinski definition) is 4. The van der Waals surface area contributed by atoms with Crippen LogP contribution in [-0.4, -0.2) is 5.54 Å². The number of hydrazine groups is 1. The van der Waals surface area contributed by atoms with E-state index in [0.717, 1.165) is 11.3 Å². The lowest BCUT2D eigenvalue weighted by Gasteiger charge is -2.26. The second-order valence-corrected chi connectivity index (χ2v) is 3.31. The largest absolute Gasteiger partial charge is 0.400 e. The zero-order valence-corrected chi connectivity index (χ0v) is 6.89. The van der Waals surface area contributed by atoms with Crippen LogP contribution in [0.3, 0.4) is 0 Å². The second kappa shape index (κ2) is 2.04. The number of allylic oxidation sites excluding steroid dienone is 1. The summed E-state index contributed by atoms with van der Waals surface area (Å²) in [7, 11) is 0. The van der Waals surface area contributed by atoms with E-state index in [1.54, 1.807) is 0 Å². The van der Waals surface area contributed by atoms with Gasteiger partial charge in [-0.3, -0.25) is 0 Å².